The van der Waals surface area contributed by atoms with Crippen LogP contribution in [0.2, 0.25) is 0 Å². The van der Waals surface area contributed by atoms with Crippen molar-refractivity contribution in [3.05, 3.63) is 77.7 Å². The predicted octanol–water partition coefficient (Wildman–Crippen LogP) is 5.34. The lowest BCUT2D eigenvalue weighted by Gasteiger charge is -2.33. The molecule has 1 aromatic heterocycles. The van der Waals surface area contributed by atoms with E-state index in [0.717, 1.165) is 36.6 Å². The van der Waals surface area contributed by atoms with Crippen LogP contribution in [-0.4, -0.2) is 22.0 Å². The van der Waals surface area contributed by atoms with Crippen LogP contribution in [0, 0.1) is 11.7 Å². The maximum atomic E-state index is 13.8. The van der Waals surface area contributed by atoms with Crippen molar-refractivity contribution in [2.45, 2.75) is 44.6 Å². The van der Waals surface area contributed by atoms with E-state index in [0.29, 0.717) is 22.5 Å². The van der Waals surface area contributed by atoms with Crippen LogP contribution in [-0.2, 0) is 0 Å². The summed E-state index contributed by atoms with van der Waals surface area (Å²) in [5.74, 6) is 0.443. The summed E-state index contributed by atoms with van der Waals surface area (Å²) in [5.41, 5.74) is 2.62. The van der Waals surface area contributed by atoms with Crippen LogP contribution < -0.4 is 10.6 Å². The summed E-state index contributed by atoms with van der Waals surface area (Å²) in [4.78, 5) is 16.6. The average Bonchev–Trinajstić information content (AvgIpc) is 2.79. The summed E-state index contributed by atoms with van der Waals surface area (Å²) in [5, 5.41) is 7.33. The first kappa shape index (κ1) is 21.4. The first-order valence-corrected chi connectivity index (χ1v) is 11.1. The third-order valence-electron chi connectivity index (χ3n) is 6.28. The first-order chi connectivity index (χ1) is 15.0. The van der Waals surface area contributed by atoms with Crippen LogP contribution >= 0.6 is 12.2 Å². The maximum Gasteiger partial charge on any atom is 0.257 e. The molecule has 0 aliphatic heterocycles. The number of benzene rings is 2. The average molecular weight is 436 g/mol. The number of fused-ring (bicyclic) bond motifs is 1. The van der Waals surface area contributed by atoms with Gasteiger partial charge in [0.1, 0.15) is 5.82 Å². The topological polar surface area (TPSA) is 54.0 Å². The normalized spacial score (nSPS) is 19.5. The van der Waals surface area contributed by atoms with Crippen molar-refractivity contribution in [1.82, 2.24) is 15.6 Å². The van der Waals surface area contributed by atoms with Gasteiger partial charge in [-0.05, 0) is 98.6 Å². The molecular weight excluding hydrogens is 409 g/mol. The quantitative estimate of drug-likeness (QED) is 0.543. The van der Waals surface area contributed by atoms with Gasteiger partial charge in [-0.25, -0.2) is 4.39 Å². The Bertz CT molecular complexity index is 1080. The maximum absolute atomic E-state index is 13.8. The number of carbonyl (C=O) groups is 1. The van der Waals surface area contributed by atoms with Crippen molar-refractivity contribution in [3.63, 3.8) is 0 Å². The second-order valence-electron chi connectivity index (χ2n) is 8.26. The molecule has 1 aliphatic carbocycles. The molecule has 4 nitrogen and oxygen atoms in total. The number of nitrogens with zero attached hydrogens (tertiary/aromatic N) is 1. The number of hydrogen-bond acceptors (Lipinski definition) is 3. The molecular formula is C25H26FN3OS. The lowest BCUT2D eigenvalue weighted by Crippen LogP contribution is -2.46. The van der Waals surface area contributed by atoms with E-state index in [4.69, 9.17) is 12.2 Å². The van der Waals surface area contributed by atoms with Gasteiger partial charge < -0.3 is 5.32 Å². The van der Waals surface area contributed by atoms with Crippen LogP contribution in [0.3, 0.4) is 0 Å². The lowest BCUT2D eigenvalue weighted by atomic mass is 9.75. The van der Waals surface area contributed by atoms with Crippen molar-refractivity contribution < 1.29 is 9.18 Å². The third-order valence-corrected chi connectivity index (χ3v) is 6.50. The molecule has 3 aromatic rings. The van der Waals surface area contributed by atoms with Crippen LogP contribution in [0.4, 0.5) is 4.39 Å². The molecule has 4 rings (SSSR count). The minimum Gasteiger partial charge on any atom is -0.360 e. The number of thiocarbonyl (C=S) groups is 1. The molecule has 2 N–H and O–H groups in total. The highest BCUT2D eigenvalue weighted by Crippen LogP contribution is 2.39. The van der Waals surface area contributed by atoms with Gasteiger partial charge >= 0.3 is 0 Å². The Morgan fingerprint density at radius 3 is 2.58 bits per heavy atom. The van der Waals surface area contributed by atoms with Gasteiger partial charge in [-0.2, -0.15) is 0 Å². The van der Waals surface area contributed by atoms with E-state index in [9.17, 15) is 9.18 Å². The minimum atomic E-state index is -0.223. The molecule has 1 saturated carbocycles. The van der Waals surface area contributed by atoms with E-state index >= 15 is 0 Å². The fourth-order valence-electron chi connectivity index (χ4n) is 4.55. The summed E-state index contributed by atoms with van der Waals surface area (Å²) in [7, 11) is 0. The van der Waals surface area contributed by atoms with Crippen LogP contribution in [0.15, 0.2) is 60.8 Å². The zero-order chi connectivity index (χ0) is 21.8. The molecule has 1 amide bonds. The fraction of sp³-hybridized carbons (Fsp3) is 0.320. The molecule has 31 heavy (non-hydrogen) atoms. The van der Waals surface area contributed by atoms with E-state index in [-0.39, 0.29) is 17.8 Å². The van der Waals surface area contributed by atoms with Crippen molar-refractivity contribution in [2.24, 2.45) is 5.92 Å². The Labute approximate surface area is 187 Å². The predicted molar refractivity (Wildman–Crippen MR) is 126 cm³/mol. The van der Waals surface area contributed by atoms with Crippen LogP contribution in [0.25, 0.3) is 10.9 Å². The first-order valence-electron chi connectivity index (χ1n) is 10.7. The zero-order valence-electron chi connectivity index (χ0n) is 17.5. The van der Waals surface area contributed by atoms with Gasteiger partial charge in [0.25, 0.3) is 5.91 Å². The summed E-state index contributed by atoms with van der Waals surface area (Å²) in [6, 6.07) is 16.0. The molecule has 1 heterocycles. The number of aromatic nitrogens is 1. The SMILES string of the molecule is CC(NC(=S)NC(=O)c1ccccc1)C1CCC(c2ccnc3ccc(F)cc23)CC1. The standard InChI is InChI=1S/C25H26FN3OS/c1-16(28-25(31)29-24(30)19-5-3-2-4-6-19)17-7-9-18(10-8-17)21-13-14-27-23-12-11-20(26)15-22(21)23/h2-6,11-18H,7-10H2,1H3,(H2,28,29,30,31). The van der Waals surface area contributed by atoms with Gasteiger partial charge in [-0.15, -0.1) is 0 Å². The number of rotatable bonds is 4. The molecule has 1 fully saturated rings. The number of amides is 1. The number of halogens is 1. The van der Waals surface area contributed by atoms with Gasteiger partial charge in [0.2, 0.25) is 0 Å². The molecule has 0 bridgehead atoms. The Balaban J connectivity index is 1.33. The van der Waals surface area contributed by atoms with Crippen molar-refractivity contribution in [2.75, 3.05) is 0 Å². The lowest BCUT2D eigenvalue weighted by molar-refractivity contribution is 0.0976. The number of carbonyl (C=O) groups excluding carboxylic acids is 1. The van der Waals surface area contributed by atoms with Gasteiger partial charge in [0.05, 0.1) is 5.52 Å². The Morgan fingerprint density at radius 1 is 1.10 bits per heavy atom. The summed E-state index contributed by atoms with van der Waals surface area (Å²) in [6.45, 7) is 2.11. The minimum absolute atomic E-state index is 0.163. The Kier molecular flexibility index (Phi) is 6.56. The van der Waals surface area contributed by atoms with E-state index in [1.165, 1.54) is 11.6 Å². The highest BCUT2D eigenvalue weighted by Gasteiger charge is 2.27. The fourth-order valence-corrected chi connectivity index (χ4v) is 4.83. The molecule has 0 radical (unpaired) electrons. The van der Waals surface area contributed by atoms with Crippen molar-refractivity contribution in [1.29, 1.82) is 0 Å². The van der Waals surface area contributed by atoms with Crippen LogP contribution in [0.5, 0.6) is 0 Å². The molecule has 160 valence electrons. The summed E-state index contributed by atoms with van der Waals surface area (Å²) < 4.78 is 13.8. The highest BCUT2D eigenvalue weighted by molar-refractivity contribution is 7.80. The van der Waals surface area contributed by atoms with Crippen LogP contribution in [0.1, 0.15) is 54.4 Å². The van der Waals surface area contributed by atoms with Crippen molar-refractivity contribution >= 4 is 34.1 Å². The monoisotopic (exact) mass is 435 g/mol. The number of hydrogen-bond donors (Lipinski definition) is 2. The third kappa shape index (κ3) is 5.07. The second-order valence-corrected chi connectivity index (χ2v) is 8.66. The molecule has 1 unspecified atom stereocenters. The van der Waals surface area contributed by atoms with Crippen molar-refractivity contribution in [3.8, 4) is 0 Å². The molecule has 0 saturated heterocycles. The number of nitrogens with one attached hydrogen (secondary N) is 2. The molecule has 0 spiro atoms. The van der Waals surface area contributed by atoms with E-state index in [2.05, 4.69) is 22.5 Å². The van der Waals surface area contributed by atoms with Gasteiger partial charge in [-0.1, -0.05) is 18.2 Å². The Hall–Kier alpha value is -2.86. The largest absolute Gasteiger partial charge is 0.360 e. The molecule has 1 atom stereocenters. The zero-order valence-corrected chi connectivity index (χ0v) is 18.3. The smallest absolute Gasteiger partial charge is 0.257 e. The van der Waals surface area contributed by atoms with Gasteiger partial charge in [0.15, 0.2) is 5.11 Å². The van der Waals surface area contributed by atoms with E-state index < -0.39 is 0 Å². The molecule has 1 aliphatic rings. The summed E-state index contributed by atoms with van der Waals surface area (Å²) in [6.07, 6.45) is 5.99. The van der Waals surface area contributed by atoms with E-state index in [1.54, 1.807) is 24.3 Å². The van der Waals surface area contributed by atoms with E-state index in [1.807, 2.05) is 30.5 Å². The van der Waals surface area contributed by atoms with Gasteiger partial charge in [-0.3, -0.25) is 15.1 Å². The number of pyridine rings is 1. The highest BCUT2D eigenvalue weighted by atomic mass is 32.1. The molecule has 2 aromatic carbocycles. The second kappa shape index (κ2) is 9.52. The Morgan fingerprint density at radius 2 is 1.84 bits per heavy atom. The van der Waals surface area contributed by atoms with Gasteiger partial charge in [0, 0.05) is 23.2 Å². The molecule has 6 heteroatoms. The summed E-state index contributed by atoms with van der Waals surface area (Å²) >= 11 is 5.36.